The third-order valence-corrected chi connectivity index (χ3v) is 4.53. The molecule has 1 aliphatic rings. The number of hydrogen-bond acceptors (Lipinski definition) is 7. The molecule has 1 aromatic carbocycles. The average molecular weight is 418 g/mol. The van der Waals surface area contributed by atoms with Gasteiger partial charge in [0.05, 0.1) is 6.61 Å². The Labute approximate surface area is 175 Å². The van der Waals surface area contributed by atoms with Crippen molar-refractivity contribution in [3.63, 3.8) is 0 Å². The van der Waals surface area contributed by atoms with E-state index in [4.69, 9.17) is 25.4 Å². The second kappa shape index (κ2) is 11.2. The molecule has 162 valence electrons. The Hall–Kier alpha value is -3.07. The van der Waals surface area contributed by atoms with E-state index in [-0.39, 0.29) is 37.9 Å². The van der Waals surface area contributed by atoms with Crippen LogP contribution in [0.1, 0.15) is 32.3 Å². The first-order valence-electron chi connectivity index (χ1n) is 9.32. The predicted octanol–water partition coefficient (Wildman–Crippen LogP) is 3.09. The molecule has 0 bridgehead atoms. The summed E-state index contributed by atoms with van der Waals surface area (Å²) >= 11 is 0. The minimum atomic E-state index is -0.684. The average Bonchev–Trinajstić information content (AvgIpc) is 2.72. The first kappa shape index (κ1) is 23.2. The van der Waals surface area contributed by atoms with Gasteiger partial charge in [0.15, 0.2) is 0 Å². The van der Waals surface area contributed by atoms with Gasteiger partial charge in [0, 0.05) is 42.3 Å². The number of nitrogens with two attached hydrogens (primary N) is 1. The minimum Gasteiger partial charge on any atom is -0.463 e. The predicted molar refractivity (Wildman–Crippen MR) is 110 cm³/mol. The van der Waals surface area contributed by atoms with Gasteiger partial charge in [-0.3, -0.25) is 10.2 Å². The lowest BCUT2D eigenvalue weighted by molar-refractivity contribution is -0.143. The van der Waals surface area contributed by atoms with Gasteiger partial charge in [0.1, 0.15) is 24.7 Å². The van der Waals surface area contributed by atoms with Crippen molar-refractivity contribution < 1.29 is 23.4 Å². The molecule has 8 nitrogen and oxygen atoms in total. The molecule has 1 saturated heterocycles. The summed E-state index contributed by atoms with van der Waals surface area (Å²) in [6, 6.07) is 5.01. The normalized spacial score (nSPS) is 13.9. The number of aromatic nitrogens is 2. The molecule has 0 atom stereocenters. The van der Waals surface area contributed by atoms with Crippen LogP contribution in [-0.2, 0) is 20.9 Å². The van der Waals surface area contributed by atoms with Crippen LogP contribution < -0.4 is 10.5 Å². The summed E-state index contributed by atoms with van der Waals surface area (Å²) in [6.07, 6.45) is 4.57. The molecule has 3 rings (SSSR count). The first-order chi connectivity index (χ1) is 14.0. The van der Waals surface area contributed by atoms with Crippen LogP contribution in [0.2, 0.25) is 0 Å². The number of nitrogens with one attached hydrogen (secondary N) is 1. The Kier molecular flexibility index (Phi) is 8.67. The Balaban J connectivity index is 0.00000320. The number of esters is 1. The second-order valence-electron chi connectivity index (χ2n) is 6.76. The number of nitrogens with zero attached hydrogens (tertiary/aromatic N) is 2. The number of hydrogen-bond donors (Lipinski definition) is 2. The summed E-state index contributed by atoms with van der Waals surface area (Å²) in [4.78, 5) is 19.8. The van der Waals surface area contributed by atoms with Crippen LogP contribution >= 0.6 is 0 Å². The highest BCUT2D eigenvalue weighted by atomic mass is 19.1. The smallest absolute Gasteiger partial charge is 0.316 e. The molecule has 0 unspecified atom stereocenters. The SMILES string of the molecule is C.N=C(N)CC(=O)OCc1cccc(-c2cnc(OCC3CCOCC3)nc2)c1F. The van der Waals surface area contributed by atoms with Crippen LogP contribution in [-0.4, -0.2) is 41.6 Å². The van der Waals surface area contributed by atoms with Crippen LogP contribution in [0.3, 0.4) is 0 Å². The van der Waals surface area contributed by atoms with Crippen molar-refractivity contribution in [1.82, 2.24) is 9.97 Å². The van der Waals surface area contributed by atoms with Crippen LogP contribution in [0.25, 0.3) is 11.1 Å². The molecule has 9 heteroatoms. The fourth-order valence-electron chi connectivity index (χ4n) is 2.91. The van der Waals surface area contributed by atoms with E-state index in [1.165, 1.54) is 18.5 Å². The van der Waals surface area contributed by atoms with E-state index >= 15 is 0 Å². The van der Waals surface area contributed by atoms with E-state index in [1.54, 1.807) is 12.1 Å². The summed E-state index contributed by atoms with van der Waals surface area (Å²) in [7, 11) is 0. The van der Waals surface area contributed by atoms with Gasteiger partial charge in [-0.15, -0.1) is 0 Å². The molecule has 2 heterocycles. The molecule has 1 aromatic heterocycles. The van der Waals surface area contributed by atoms with Crippen molar-refractivity contribution in [3.05, 3.63) is 42.0 Å². The van der Waals surface area contributed by atoms with E-state index in [0.717, 1.165) is 26.1 Å². The largest absolute Gasteiger partial charge is 0.463 e. The van der Waals surface area contributed by atoms with Crippen molar-refractivity contribution in [3.8, 4) is 17.1 Å². The van der Waals surface area contributed by atoms with Crippen molar-refractivity contribution >= 4 is 11.8 Å². The highest BCUT2D eigenvalue weighted by molar-refractivity contribution is 5.94. The standard InChI is InChI=1S/C20H23FN4O4.CH4/c21-19-14(12-28-18(26)8-17(22)23)2-1-3-16(19)15-9-24-20(25-10-15)29-11-13-4-6-27-7-5-13;/h1-3,9-10,13H,4-8,11-12H2,(H3,22,23);1H4. The van der Waals surface area contributed by atoms with E-state index in [9.17, 15) is 9.18 Å². The number of ether oxygens (including phenoxy) is 3. The van der Waals surface area contributed by atoms with Crippen molar-refractivity contribution in [1.29, 1.82) is 5.41 Å². The minimum absolute atomic E-state index is 0. The highest BCUT2D eigenvalue weighted by Gasteiger charge is 2.16. The summed E-state index contributed by atoms with van der Waals surface area (Å²) in [5.74, 6) is -1.09. The van der Waals surface area contributed by atoms with E-state index in [1.807, 2.05) is 0 Å². The third kappa shape index (κ3) is 6.48. The molecule has 1 fully saturated rings. The molecule has 0 saturated carbocycles. The lowest BCUT2D eigenvalue weighted by Gasteiger charge is -2.21. The van der Waals surface area contributed by atoms with E-state index in [0.29, 0.717) is 23.7 Å². The molecule has 0 radical (unpaired) electrons. The van der Waals surface area contributed by atoms with Gasteiger partial charge in [-0.05, 0) is 18.8 Å². The van der Waals surface area contributed by atoms with Gasteiger partial charge in [0.25, 0.3) is 0 Å². The van der Waals surface area contributed by atoms with Crippen LogP contribution in [0.4, 0.5) is 4.39 Å². The van der Waals surface area contributed by atoms with Gasteiger partial charge < -0.3 is 19.9 Å². The number of carbonyl (C=O) groups is 1. The van der Waals surface area contributed by atoms with Crippen molar-refractivity contribution in [2.75, 3.05) is 19.8 Å². The maximum absolute atomic E-state index is 14.8. The van der Waals surface area contributed by atoms with Gasteiger partial charge >= 0.3 is 12.0 Å². The first-order valence-corrected chi connectivity index (χ1v) is 9.32. The quantitative estimate of drug-likeness (QED) is 0.384. The zero-order valence-corrected chi connectivity index (χ0v) is 15.9. The number of benzene rings is 1. The number of amidine groups is 1. The zero-order valence-electron chi connectivity index (χ0n) is 15.9. The summed E-state index contributed by atoms with van der Waals surface area (Å²) in [6.45, 7) is 1.76. The van der Waals surface area contributed by atoms with E-state index in [2.05, 4.69) is 9.97 Å². The third-order valence-electron chi connectivity index (χ3n) is 4.53. The molecule has 0 spiro atoms. The Bertz CT molecular complexity index is 855. The summed E-state index contributed by atoms with van der Waals surface area (Å²) in [5.41, 5.74) is 6.13. The fourth-order valence-corrected chi connectivity index (χ4v) is 2.91. The van der Waals surface area contributed by atoms with Crippen molar-refractivity contribution in [2.45, 2.75) is 33.3 Å². The monoisotopic (exact) mass is 418 g/mol. The summed E-state index contributed by atoms with van der Waals surface area (Å²) in [5, 5.41) is 7.07. The Morgan fingerprint density at radius 1 is 1.27 bits per heavy atom. The van der Waals surface area contributed by atoms with E-state index < -0.39 is 11.8 Å². The molecule has 2 aromatic rings. The van der Waals surface area contributed by atoms with Crippen molar-refractivity contribution in [2.24, 2.45) is 11.7 Å². The number of carbonyl (C=O) groups excluding carboxylic acids is 1. The highest BCUT2D eigenvalue weighted by Crippen LogP contribution is 2.25. The maximum atomic E-state index is 14.8. The Morgan fingerprint density at radius 2 is 1.97 bits per heavy atom. The molecule has 0 aliphatic carbocycles. The lowest BCUT2D eigenvalue weighted by atomic mass is 10.0. The zero-order chi connectivity index (χ0) is 20.6. The van der Waals surface area contributed by atoms with Crippen LogP contribution in [0.5, 0.6) is 6.01 Å². The number of halogens is 1. The molecule has 3 N–H and O–H groups in total. The Morgan fingerprint density at radius 3 is 2.63 bits per heavy atom. The second-order valence-corrected chi connectivity index (χ2v) is 6.76. The summed E-state index contributed by atoms with van der Waals surface area (Å²) < 4.78 is 30.7. The maximum Gasteiger partial charge on any atom is 0.316 e. The van der Waals surface area contributed by atoms with Gasteiger partial charge in [0.2, 0.25) is 0 Å². The topological polar surface area (TPSA) is 120 Å². The lowest BCUT2D eigenvalue weighted by Crippen LogP contribution is -2.21. The van der Waals surface area contributed by atoms with Crippen LogP contribution in [0.15, 0.2) is 30.6 Å². The van der Waals surface area contributed by atoms with Gasteiger partial charge in [-0.2, -0.15) is 0 Å². The van der Waals surface area contributed by atoms with Gasteiger partial charge in [-0.25, -0.2) is 14.4 Å². The molecule has 0 amide bonds. The molecular weight excluding hydrogens is 391 g/mol. The molecule has 30 heavy (non-hydrogen) atoms. The van der Waals surface area contributed by atoms with Crippen LogP contribution in [0, 0.1) is 17.1 Å². The number of rotatable bonds is 8. The fraction of sp³-hybridized carbons (Fsp3) is 0.429. The molecular formula is C21H27FN4O4. The van der Waals surface area contributed by atoms with Gasteiger partial charge in [-0.1, -0.05) is 25.6 Å². The molecule has 1 aliphatic heterocycles.